The van der Waals surface area contributed by atoms with Gasteiger partial charge in [-0.15, -0.1) is 0 Å². The van der Waals surface area contributed by atoms with E-state index in [2.05, 4.69) is 20.8 Å². The van der Waals surface area contributed by atoms with Crippen molar-refractivity contribution in [1.82, 2.24) is 0 Å². The Morgan fingerprint density at radius 1 is 0.704 bits per heavy atom. The summed E-state index contributed by atoms with van der Waals surface area (Å²) in [5, 5.41) is 0. The third-order valence-electron chi connectivity index (χ3n) is 7.27. The van der Waals surface area contributed by atoms with Crippen LogP contribution in [-0.2, 0) is 9.47 Å². The Labute approximate surface area is 170 Å². The van der Waals surface area contributed by atoms with Crippen LogP contribution in [0.2, 0.25) is 0 Å². The average molecular weight is 381 g/mol. The molecule has 0 saturated heterocycles. The van der Waals surface area contributed by atoms with Crippen LogP contribution in [0, 0.1) is 17.8 Å². The Balaban J connectivity index is 2.11. The second-order valence-electron chi connectivity index (χ2n) is 9.13. The minimum Gasteiger partial charge on any atom is -0.350 e. The molecule has 2 heteroatoms. The number of unbranched alkanes of at least 4 members (excludes halogenated alkanes) is 5. The fourth-order valence-corrected chi connectivity index (χ4v) is 6.02. The maximum absolute atomic E-state index is 6.64. The minimum absolute atomic E-state index is 0.300. The van der Waals surface area contributed by atoms with Gasteiger partial charge >= 0.3 is 0 Å². The summed E-state index contributed by atoms with van der Waals surface area (Å²) in [5.41, 5.74) is 0. The van der Waals surface area contributed by atoms with Gasteiger partial charge in [0.25, 0.3) is 0 Å². The molecule has 2 rings (SSSR count). The molecule has 2 aliphatic carbocycles. The quantitative estimate of drug-likeness (QED) is 0.225. The fourth-order valence-electron chi connectivity index (χ4n) is 6.02. The first-order valence-electron chi connectivity index (χ1n) is 12.6. The van der Waals surface area contributed by atoms with Crippen LogP contribution < -0.4 is 0 Å². The molecular formula is C25H48O2. The van der Waals surface area contributed by atoms with Crippen LogP contribution in [0.1, 0.15) is 124 Å². The summed E-state index contributed by atoms with van der Waals surface area (Å²) in [6.07, 6.45) is 22.0. The first kappa shape index (κ1) is 23.2. The van der Waals surface area contributed by atoms with E-state index in [1.807, 2.05) is 0 Å². The van der Waals surface area contributed by atoms with E-state index in [1.54, 1.807) is 0 Å². The maximum Gasteiger partial charge on any atom is 0.174 e. The van der Waals surface area contributed by atoms with Crippen LogP contribution >= 0.6 is 0 Å². The Kier molecular flexibility index (Phi) is 11.3. The van der Waals surface area contributed by atoms with Gasteiger partial charge in [0.1, 0.15) is 0 Å². The van der Waals surface area contributed by atoms with E-state index in [0.29, 0.717) is 11.8 Å². The first-order chi connectivity index (χ1) is 13.3. The lowest BCUT2D eigenvalue weighted by molar-refractivity contribution is -0.303. The maximum atomic E-state index is 6.64. The van der Waals surface area contributed by atoms with Crippen molar-refractivity contribution in [3.05, 3.63) is 0 Å². The molecule has 2 aliphatic rings. The molecule has 0 aliphatic heterocycles. The molecule has 0 aromatic carbocycles. The molecule has 160 valence electrons. The van der Waals surface area contributed by atoms with Gasteiger partial charge in [0.05, 0.1) is 0 Å². The van der Waals surface area contributed by atoms with Gasteiger partial charge in [-0.05, 0) is 51.9 Å². The SMILES string of the molecule is CCCCCCCCC(C1CCCCC1)C(OCC)(OCC)C1CCCC1. The number of ether oxygens (including phenoxy) is 2. The molecule has 0 amide bonds. The zero-order valence-electron chi connectivity index (χ0n) is 18.8. The third kappa shape index (κ3) is 6.74. The summed E-state index contributed by atoms with van der Waals surface area (Å²) < 4.78 is 13.3. The van der Waals surface area contributed by atoms with Crippen molar-refractivity contribution in [3.63, 3.8) is 0 Å². The van der Waals surface area contributed by atoms with Crippen LogP contribution in [0.15, 0.2) is 0 Å². The van der Waals surface area contributed by atoms with Gasteiger partial charge in [0.2, 0.25) is 0 Å². The van der Waals surface area contributed by atoms with Gasteiger partial charge in [-0.2, -0.15) is 0 Å². The van der Waals surface area contributed by atoms with Gasteiger partial charge in [-0.1, -0.05) is 77.6 Å². The second kappa shape index (κ2) is 13.2. The molecular weight excluding hydrogens is 332 g/mol. The molecule has 0 heterocycles. The van der Waals surface area contributed by atoms with E-state index in [4.69, 9.17) is 9.47 Å². The van der Waals surface area contributed by atoms with Crippen molar-refractivity contribution in [3.8, 4) is 0 Å². The highest BCUT2D eigenvalue weighted by Gasteiger charge is 2.50. The minimum atomic E-state index is -0.300. The van der Waals surface area contributed by atoms with E-state index >= 15 is 0 Å². The zero-order chi connectivity index (χ0) is 19.4. The van der Waals surface area contributed by atoms with Gasteiger partial charge in [-0.3, -0.25) is 0 Å². The number of hydrogen-bond acceptors (Lipinski definition) is 2. The highest BCUT2D eigenvalue weighted by Crippen LogP contribution is 2.49. The standard InChI is InChI=1S/C25H48O2/c1-4-7-8-9-10-14-21-24(22-17-12-11-13-18-22)25(26-5-2,27-6-3)23-19-15-16-20-23/h22-24H,4-21H2,1-3H3. The molecule has 27 heavy (non-hydrogen) atoms. The molecule has 0 aromatic rings. The second-order valence-corrected chi connectivity index (χ2v) is 9.13. The molecule has 0 bridgehead atoms. The highest BCUT2D eigenvalue weighted by atomic mass is 16.7. The van der Waals surface area contributed by atoms with E-state index in [-0.39, 0.29) is 5.79 Å². The van der Waals surface area contributed by atoms with Crippen LogP contribution in [0.25, 0.3) is 0 Å². The summed E-state index contributed by atoms with van der Waals surface area (Å²) in [6.45, 7) is 8.22. The van der Waals surface area contributed by atoms with Crippen LogP contribution in [0.5, 0.6) is 0 Å². The molecule has 2 nitrogen and oxygen atoms in total. The van der Waals surface area contributed by atoms with E-state index in [9.17, 15) is 0 Å². The monoisotopic (exact) mass is 380 g/mol. The number of rotatable bonds is 14. The Morgan fingerprint density at radius 3 is 1.85 bits per heavy atom. The molecule has 1 unspecified atom stereocenters. The molecule has 0 radical (unpaired) electrons. The van der Waals surface area contributed by atoms with Crippen LogP contribution in [-0.4, -0.2) is 19.0 Å². The molecule has 2 saturated carbocycles. The lowest BCUT2D eigenvalue weighted by Crippen LogP contribution is -2.52. The number of hydrogen-bond donors (Lipinski definition) is 0. The Morgan fingerprint density at radius 2 is 1.26 bits per heavy atom. The predicted molar refractivity (Wildman–Crippen MR) is 116 cm³/mol. The lowest BCUT2D eigenvalue weighted by atomic mass is 9.70. The van der Waals surface area contributed by atoms with E-state index in [0.717, 1.165) is 19.1 Å². The predicted octanol–water partition coefficient (Wildman–Crippen LogP) is 7.89. The van der Waals surface area contributed by atoms with Crippen molar-refractivity contribution in [2.45, 2.75) is 129 Å². The Bertz CT molecular complexity index is 349. The van der Waals surface area contributed by atoms with E-state index in [1.165, 1.54) is 103 Å². The molecule has 0 spiro atoms. The normalized spacial score (nSPS) is 21.0. The zero-order valence-corrected chi connectivity index (χ0v) is 18.8. The summed E-state index contributed by atoms with van der Waals surface area (Å²) in [7, 11) is 0. The Hall–Kier alpha value is -0.0800. The van der Waals surface area contributed by atoms with Crippen LogP contribution in [0.4, 0.5) is 0 Å². The summed E-state index contributed by atoms with van der Waals surface area (Å²) >= 11 is 0. The molecule has 0 N–H and O–H groups in total. The average Bonchev–Trinajstić information content (AvgIpc) is 3.23. The van der Waals surface area contributed by atoms with Crippen molar-refractivity contribution < 1.29 is 9.47 Å². The molecule has 0 aromatic heterocycles. The fraction of sp³-hybridized carbons (Fsp3) is 1.00. The summed E-state index contributed by atoms with van der Waals surface area (Å²) in [5.74, 6) is 1.73. The van der Waals surface area contributed by atoms with Gasteiger partial charge < -0.3 is 9.47 Å². The van der Waals surface area contributed by atoms with Crippen molar-refractivity contribution in [2.24, 2.45) is 17.8 Å². The smallest absolute Gasteiger partial charge is 0.174 e. The third-order valence-corrected chi connectivity index (χ3v) is 7.27. The topological polar surface area (TPSA) is 18.5 Å². The largest absolute Gasteiger partial charge is 0.350 e. The van der Waals surface area contributed by atoms with Gasteiger partial charge in [-0.25, -0.2) is 0 Å². The van der Waals surface area contributed by atoms with Crippen molar-refractivity contribution in [1.29, 1.82) is 0 Å². The molecule has 2 fully saturated rings. The van der Waals surface area contributed by atoms with Gasteiger partial charge in [0.15, 0.2) is 5.79 Å². The van der Waals surface area contributed by atoms with E-state index < -0.39 is 0 Å². The molecule has 1 atom stereocenters. The lowest BCUT2D eigenvalue weighted by Gasteiger charge is -2.48. The van der Waals surface area contributed by atoms with Crippen molar-refractivity contribution >= 4 is 0 Å². The summed E-state index contributed by atoms with van der Waals surface area (Å²) in [4.78, 5) is 0. The van der Waals surface area contributed by atoms with Gasteiger partial charge in [0, 0.05) is 25.0 Å². The van der Waals surface area contributed by atoms with Crippen LogP contribution in [0.3, 0.4) is 0 Å². The first-order valence-corrected chi connectivity index (χ1v) is 12.6. The summed E-state index contributed by atoms with van der Waals surface area (Å²) in [6, 6.07) is 0. The highest BCUT2D eigenvalue weighted by molar-refractivity contribution is 4.93. The van der Waals surface area contributed by atoms with Crippen molar-refractivity contribution in [2.75, 3.05) is 13.2 Å².